The van der Waals surface area contributed by atoms with E-state index in [1.54, 1.807) is 13.2 Å². The van der Waals surface area contributed by atoms with E-state index in [-0.39, 0.29) is 5.97 Å². The molecule has 4 aromatic rings. The van der Waals surface area contributed by atoms with Gasteiger partial charge in [-0.25, -0.2) is 4.79 Å². The summed E-state index contributed by atoms with van der Waals surface area (Å²) in [4.78, 5) is 12.2. The fourth-order valence-corrected chi connectivity index (χ4v) is 4.67. The second kappa shape index (κ2) is 7.44. The molecule has 1 aromatic heterocycles. The number of carbonyl (C=O) groups excluding carboxylic acids is 1. The monoisotopic (exact) mass is 489 g/mol. The molecule has 0 saturated carbocycles. The Balaban J connectivity index is 1.94. The highest BCUT2D eigenvalue weighted by Gasteiger charge is 2.18. The van der Waals surface area contributed by atoms with Crippen molar-refractivity contribution in [3.63, 3.8) is 0 Å². The summed E-state index contributed by atoms with van der Waals surface area (Å²) in [5.74, 6) is 0.512. The molecule has 0 aliphatic heterocycles. The molecule has 1 heterocycles. The normalized spacial score (nSPS) is 11.1. The molecule has 0 bridgehead atoms. The molecule has 4 rings (SSSR count). The topological polar surface area (TPSA) is 40.5 Å². The third-order valence-electron chi connectivity index (χ3n) is 4.63. The molecule has 0 aliphatic rings. The Morgan fingerprint density at radius 2 is 1.81 bits per heavy atom. The minimum Gasteiger partial charge on any atom is -0.497 e. The SMILES string of the molecule is COC(=O)c1cccc2c(-c3ccc4cc(OC)ccc4c3)cn(SI)c12. The molecule has 0 amide bonds. The minimum absolute atomic E-state index is 0.331. The van der Waals surface area contributed by atoms with Gasteiger partial charge in [0.05, 0.1) is 25.3 Å². The molecular weight excluding hydrogens is 473 g/mol. The van der Waals surface area contributed by atoms with Gasteiger partial charge in [0.25, 0.3) is 0 Å². The first-order chi connectivity index (χ1) is 13.2. The predicted octanol–water partition coefficient (Wildman–Crippen LogP) is 6.10. The summed E-state index contributed by atoms with van der Waals surface area (Å²) >= 11 is 2.22. The van der Waals surface area contributed by atoms with Crippen molar-refractivity contribution in [1.82, 2.24) is 3.97 Å². The summed E-state index contributed by atoms with van der Waals surface area (Å²) in [5.41, 5.74) is 3.62. The second-order valence-corrected chi connectivity index (χ2v) is 7.77. The Morgan fingerprint density at radius 1 is 1.04 bits per heavy atom. The van der Waals surface area contributed by atoms with E-state index in [1.807, 2.05) is 28.2 Å². The van der Waals surface area contributed by atoms with Gasteiger partial charge in [0, 0.05) is 47.5 Å². The number of para-hydroxylation sites is 1. The van der Waals surface area contributed by atoms with Crippen molar-refractivity contribution < 1.29 is 14.3 Å². The molecule has 3 aromatic carbocycles. The molecule has 0 atom stereocenters. The van der Waals surface area contributed by atoms with Crippen molar-refractivity contribution in [3.8, 4) is 16.9 Å². The van der Waals surface area contributed by atoms with Crippen LogP contribution in [0.1, 0.15) is 10.4 Å². The summed E-state index contributed by atoms with van der Waals surface area (Å²) in [5, 5.41) is 3.29. The number of nitrogens with zero attached hydrogens (tertiary/aromatic N) is 1. The van der Waals surface area contributed by atoms with Gasteiger partial charge in [-0.1, -0.05) is 30.3 Å². The van der Waals surface area contributed by atoms with Crippen LogP contribution in [0.25, 0.3) is 32.8 Å². The van der Waals surface area contributed by atoms with E-state index in [2.05, 4.69) is 51.7 Å². The quantitative estimate of drug-likeness (QED) is 0.257. The molecule has 0 radical (unpaired) electrons. The zero-order chi connectivity index (χ0) is 19.0. The highest BCUT2D eigenvalue weighted by atomic mass is 127. The molecule has 0 saturated heterocycles. The fourth-order valence-electron chi connectivity index (χ4n) is 3.33. The van der Waals surface area contributed by atoms with Gasteiger partial charge >= 0.3 is 5.97 Å². The summed E-state index contributed by atoms with van der Waals surface area (Å²) in [6.07, 6.45) is 2.07. The number of esters is 1. The first-order valence-electron chi connectivity index (χ1n) is 8.26. The van der Waals surface area contributed by atoms with Crippen LogP contribution in [0.5, 0.6) is 5.75 Å². The molecule has 0 spiro atoms. The zero-order valence-corrected chi connectivity index (χ0v) is 17.7. The summed E-state index contributed by atoms with van der Waals surface area (Å²) in [6.45, 7) is 0. The van der Waals surface area contributed by atoms with Crippen LogP contribution in [0.2, 0.25) is 0 Å². The Hall–Kier alpha value is -2.19. The first-order valence-corrected chi connectivity index (χ1v) is 11.6. The lowest BCUT2D eigenvalue weighted by Crippen LogP contribution is -2.03. The van der Waals surface area contributed by atoms with Gasteiger partial charge in [-0.3, -0.25) is 3.97 Å². The van der Waals surface area contributed by atoms with E-state index in [0.29, 0.717) is 5.56 Å². The molecule has 0 N–H and O–H groups in total. The Morgan fingerprint density at radius 3 is 2.56 bits per heavy atom. The number of methoxy groups -OCH3 is 2. The van der Waals surface area contributed by atoms with E-state index < -0.39 is 0 Å². The molecule has 136 valence electrons. The summed E-state index contributed by atoms with van der Waals surface area (Å²) in [6, 6.07) is 18.1. The van der Waals surface area contributed by atoms with E-state index in [1.165, 1.54) is 16.2 Å². The molecular formula is C21H16INO3S. The van der Waals surface area contributed by atoms with Crippen LogP contribution in [-0.4, -0.2) is 24.2 Å². The van der Waals surface area contributed by atoms with Gasteiger partial charge in [-0.15, -0.1) is 0 Å². The van der Waals surface area contributed by atoms with E-state index >= 15 is 0 Å². The van der Waals surface area contributed by atoms with E-state index in [9.17, 15) is 4.79 Å². The first kappa shape index (κ1) is 18.2. The van der Waals surface area contributed by atoms with Gasteiger partial charge in [0.2, 0.25) is 0 Å². The average Bonchev–Trinajstić information content (AvgIpc) is 3.11. The van der Waals surface area contributed by atoms with Gasteiger partial charge in [-0.2, -0.15) is 0 Å². The van der Waals surface area contributed by atoms with Crippen LogP contribution < -0.4 is 4.74 Å². The maximum absolute atomic E-state index is 12.2. The second-order valence-electron chi connectivity index (χ2n) is 6.06. The Bertz CT molecular complexity index is 1170. The van der Waals surface area contributed by atoms with Crippen LogP contribution in [0, 0.1) is 0 Å². The highest BCUT2D eigenvalue weighted by Crippen LogP contribution is 2.37. The number of halogens is 1. The number of hydrogen-bond acceptors (Lipinski definition) is 4. The molecule has 0 unspecified atom stereocenters. The van der Waals surface area contributed by atoms with E-state index in [4.69, 9.17) is 9.47 Å². The fraction of sp³-hybridized carbons (Fsp3) is 0.0952. The van der Waals surface area contributed by atoms with Crippen molar-refractivity contribution in [2.24, 2.45) is 0 Å². The Labute approximate surface area is 173 Å². The van der Waals surface area contributed by atoms with Crippen molar-refractivity contribution in [2.75, 3.05) is 14.2 Å². The van der Waals surface area contributed by atoms with Crippen molar-refractivity contribution in [2.45, 2.75) is 0 Å². The largest absolute Gasteiger partial charge is 0.497 e. The summed E-state index contributed by atoms with van der Waals surface area (Å²) < 4.78 is 12.3. The zero-order valence-electron chi connectivity index (χ0n) is 14.7. The maximum Gasteiger partial charge on any atom is 0.340 e. The summed E-state index contributed by atoms with van der Waals surface area (Å²) in [7, 11) is 4.61. The number of ether oxygens (including phenoxy) is 2. The van der Waals surface area contributed by atoms with Crippen LogP contribution >= 0.6 is 30.3 Å². The van der Waals surface area contributed by atoms with Crippen LogP contribution in [-0.2, 0) is 4.74 Å². The molecule has 6 heteroatoms. The van der Waals surface area contributed by atoms with Crippen LogP contribution in [0.3, 0.4) is 0 Å². The predicted molar refractivity (Wildman–Crippen MR) is 120 cm³/mol. The number of hydrogen-bond donors (Lipinski definition) is 0. The lowest BCUT2D eigenvalue weighted by Gasteiger charge is -2.06. The maximum atomic E-state index is 12.2. The third kappa shape index (κ3) is 3.17. The molecule has 0 fully saturated rings. The number of benzene rings is 3. The lowest BCUT2D eigenvalue weighted by molar-refractivity contribution is 0.0602. The van der Waals surface area contributed by atoms with Crippen LogP contribution in [0.4, 0.5) is 0 Å². The lowest BCUT2D eigenvalue weighted by atomic mass is 10.00. The van der Waals surface area contributed by atoms with Gasteiger partial charge in [-0.05, 0) is 40.6 Å². The smallest absolute Gasteiger partial charge is 0.340 e. The van der Waals surface area contributed by atoms with Crippen molar-refractivity contribution in [1.29, 1.82) is 0 Å². The van der Waals surface area contributed by atoms with Gasteiger partial charge in [0.1, 0.15) is 5.75 Å². The highest BCUT2D eigenvalue weighted by molar-refractivity contribution is 14.2. The van der Waals surface area contributed by atoms with Crippen LogP contribution in [0.15, 0.2) is 60.8 Å². The molecule has 27 heavy (non-hydrogen) atoms. The molecule has 0 aliphatic carbocycles. The third-order valence-corrected chi connectivity index (χ3v) is 6.34. The molecule has 4 nitrogen and oxygen atoms in total. The average molecular weight is 489 g/mol. The number of rotatable bonds is 4. The van der Waals surface area contributed by atoms with E-state index in [0.717, 1.165) is 38.6 Å². The number of fused-ring (bicyclic) bond motifs is 2. The number of carbonyl (C=O) groups is 1. The van der Waals surface area contributed by atoms with Gasteiger partial charge < -0.3 is 9.47 Å². The van der Waals surface area contributed by atoms with Gasteiger partial charge in [0.15, 0.2) is 0 Å². The standard InChI is InChI=1S/C21H16INO3S/c1-25-16-9-8-13-10-15(7-6-14(13)11-16)19-12-23(27-22)20-17(19)4-3-5-18(20)21(24)26-2/h3-12H,1-2H3. The Kier molecular flexibility index (Phi) is 5.01. The van der Waals surface area contributed by atoms with Crippen molar-refractivity contribution >= 4 is 58.0 Å². The number of aromatic nitrogens is 1. The minimum atomic E-state index is -0.331. The van der Waals surface area contributed by atoms with Crippen molar-refractivity contribution in [3.05, 3.63) is 66.4 Å².